The lowest BCUT2D eigenvalue weighted by molar-refractivity contribution is -0.157. The molecule has 0 fully saturated rings. The van der Waals surface area contributed by atoms with Gasteiger partial charge in [-0.3, -0.25) is 9.78 Å². The number of aliphatic hydroxyl groups excluding tert-OH is 2. The van der Waals surface area contributed by atoms with Gasteiger partial charge in [0.25, 0.3) is 0 Å². The van der Waals surface area contributed by atoms with Gasteiger partial charge in [0, 0.05) is 35.3 Å². The van der Waals surface area contributed by atoms with Crippen LogP contribution in [0.4, 0.5) is 4.39 Å². The first kappa shape index (κ1) is 27.6. The molecule has 0 amide bonds. The molecule has 2 unspecified atom stereocenters. The van der Waals surface area contributed by atoms with Gasteiger partial charge in [0.15, 0.2) is 0 Å². The molecular weight excluding hydrogens is 459 g/mol. The summed E-state index contributed by atoms with van der Waals surface area (Å²) in [5, 5.41) is 21.0. The topological polar surface area (TPSA) is 84.6 Å². The van der Waals surface area contributed by atoms with E-state index in [1.54, 1.807) is 39.1 Å². The standard InChI is InChI=1S/C29H37FN2O4/c1-19(2)32-18-24(25-8-6-7-15-31-25)28(20-9-11-21(30)12-10-20)26(32)14-13-22(33)16-23(34)17-27(35)36-29(3,4)5/h6-12,15,18-19,22-23,33-34H,13-14,16-17H2,1-5H3. The van der Waals surface area contributed by atoms with Crippen LogP contribution < -0.4 is 0 Å². The predicted molar refractivity (Wildman–Crippen MR) is 139 cm³/mol. The van der Waals surface area contributed by atoms with Gasteiger partial charge in [-0.15, -0.1) is 0 Å². The highest BCUT2D eigenvalue weighted by Crippen LogP contribution is 2.38. The number of esters is 1. The van der Waals surface area contributed by atoms with Crippen molar-refractivity contribution in [3.05, 3.63) is 66.4 Å². The molecule has 2 N–H and O–H groups in total. The van der Waals surface area contributed by atoms with E-state index in [-0.39, 0.29) is 24.7 Å². The molecule has 0 radical (unpaired) electrons. The molecule has 0 aliphatic carbocycles. The maximum absolute atomic E-state index is 13.7. The average molecular weight is 497 g/mol. The number of rotatable bonds is 10. The van der Waals surface area contributed by atoms with Crippen molar-refractivity contribution in [2.75, 3.05) is 0 Å². The summed E-state index contributed by atoms with van der Waals surface area (Å²) in [5.41, 5.74) is 3.93. The molecule has 1 aromatic carbocycles. The molecule has 2 aromatic heterocycles. The highest BCUT2D eigenvalue weighted by Gasteiger charge is 2.24. The van der Waals surface area contributed by atoms with E-state index in [1.165, 1.54) is 12.1 Å². The van der Waals surface area contributed by atoms with E-state index >= 15 is 0 Å². The van der Waals surface area contributed by atoms with Crippen LogP contribution in [0, 0.1) is 5.82 Å². The third-order valence-corrected chi connectivity index (χ3v) is 5.85. The number of ether oxygens (including phenoxy) is 1. The summed E-state index contributed by atoms with van der Waals surface area (Å²) in [7, 11) is 0. The summed E-state index contributed by atoms with van der Waals surface area (Å²) in [6.07, 6.45) is 2.82. The van der Waals surface area contributed by atoms with E-state index in [2.05, 4.69) is 29.6 Å². The smallest absolute Gasteiger partial charge is 0.308 e. The van der Waals surface area contributed by atoms with E-state index < -0.39 is 23.8 Å². The number of carbonyl (C=O) groups is 1. The number of hydrogen-bond donors (Lipinski definition) is 2. The third-order valence-electron chi connectivity index (χ3n) is 5.85. The van der Waals surface area contributed by atoms with Gasteiger partial charge in [0.2, 0.25) is 0 Å². The summed E-state index contributed by atoms with van der Waals surface area (Å²) in [5.74, 6) is -0.799. The van der Waals surface area contributed by atoms with Crippen LogP contribution in [0.3, 0.4) is 0 Å². The second kappa shape index (κ2) is 11.8. The molecule has 0 spiro atoms. The van der Waals surface area contributed by atoms with Crippen molar-refractivity contribution in [3.8, 4) is 22.4 Å². The first-order valence-corrected chi connectivity index (χ1v) is 12.4. The summed E-state index contributed by atoms with van der Waals surface area (Å²) in [6.45, 7) is 9.48. The van der Waals surface area contributed by atoms with Gasteiger partial charge in [-0.05, 0) is 83.7 Å². The lowest BCUT2D eigenvalue weighted by Crippen LogP contribution is -2.28. The number of halogens is 1. The fourth-order valence-electron chi connectivity index (χ4n) is 4.33. The van der Waals surface area contributed by atoms with Crippen LogP contribution in [0.1, 0.15) is 65.6 Å². The van der Waals surface area contributed by atoms with Gasteiger partial charge in [0.05, 0.1) is 24.3 Å². The predicted octanol–water partition coefficient (Wildman–Crippen LogP) is 5.71. The van der Waals surface area contributed by atoms with Crippen LogP contribution >= 0.6 is 0 Å². The van der Waals surface area contributed by atoms with Crippen molar-refractivity contribution in [1.82, 2.24) is 9.55 Å². The molecule has 0 saturated heterocycles. The van der Waals surface area contributed by atoms with Crippen molar-refractivity contribution in [1.29, 1.82) is 0 Å². The number of carbonyl (C=O) groups excluding carboxylic acids is 1. The van der Waals surface area contributed by atoms with E-state index in [0.29, 0.717) is 12.8 Å². The number of hydrogen-bond acceptors (Lipinski definition) is 5. The van der Waals surface area contributed by atoms with Crippen LogP contribution in [-0.4, -0.2) is 43.5 Å². The summed E-state index contributed by atoms with van der Waals surface area (Å²) >= 11 is 0. The second-order valence-corrected chi connectivity index (χ2v) is 10.5. The van der Waals surface area contributed by atoms with Crippen molar-refractivity contribution in [3.63, 3.8) is 0 Å². The number of benzene rings is 1. The molecule has 36 heavy (non-hydrogen) atoms. The quantitative estimate of drug-likeness (QED) is 0.351. The van der Waals surface area contributed by atoms with Gasteiger partial charge < -0.3 is 19.5 Å². The van der Waals surface area contributed by atoms with Crippen molar-refractivity contribution >= 4 is 5.97 Å². The zero-order valence-electron chi connectivity index (χ0n) is 21.7. The maximum Gasteiger partial charge on any atom is 0.308 e. The van der Waals surface area contributed by atoms with Crippen LogP contribution in [0.2, 0.25) is 0 Å². The molecule has 0 aliphatic heterocycles. The molecule has 0 bridgehead atoms. The van der Waals surface area contributed by atoms with Crippen molar-refractivity contribution in [2.24, 2.45) is 0 Å². The van der Waals surface area contributed by atoms with Crippen LogP contribution in [0.15, 0.2) is 54.9 Å². The minimum atomic E-state index is -0.993. The van der Waals surface area contributed by atoms with Crippen LogP contribution in [0.5, 0.6) is 0 Å². The Hall–Kier alpha value is -3.03. The molecule has 7 heteroatoms. The van der Waals surface area contributed by atoms with Crippen LogP contribution in [0.25, 0.3) is 22.4 Å². The van der Waals surface area contributed by atoms with E-state index in [1.807, 2.05) is 18.2 Å². The number of pyridine rings is 1. The number of nitrogens with zero attached hydrogens (tertiary/aromatic N) is 2. The molecule has 2 atom stereocenters. The molecule has 2 heterocycles. The fraction of sp³-hybridized carbons (Fsp3) is 0.448. The minimum Gasteiger partial charge on any atom is -0.460 e. The first-order chi connectivity index (χ1) is 16.9. The molecule has 3 aromatic rings. The van der Waals surface area contributed by atoms with Gasteiger partial charge in [0.1, 0.15) is 11.4 Å². The van der Waals surface area contributed by atoms with Crippen molar-refractivity contribution < 1.29 is 24.1 Å². The molecule has 194 valence electrons. The number of aliphatic hydroxyl groups is 2. The highest BCUT2D eigenvalue weighted by atomic mass is 19.1. The summed E-state index contributed by atoms with van der Waals surface area (Å²) in [6, 6.07) is 12.3. The lowest BCUT2D eigenvalue weighted by atomic mass is 9.95. The first-order valence-electron chi connectivity index (χ1n) is 12.4. The second-order valence-electron chi connectivity index (χ2n) is 10.5. The summed E-state index contributed by atoms with van der Waals surface area (Å²) < 4.78 is 21.1. The Labute approximate surface area is 212 Å². The van der Waals surface area contributed by atoms with E-state index in [0.717, 1.165) is 28.1 Å². The average Bonchev–Trinajstić information content (AvgIpc) is 3.17. The molecule has 3 rings (SSSR count). The Kier molecular flexibility index (Phi) is 9.03. The van der Waals surface area contributed by atoms with Gasteiger partial charge in [-0.25, -0.2) is 4.39 Å². The SMILES string of the molecule is CC(C)n1cc(-c2ccccn2)c(-c2ccc(F)cc2)c1CCC(O)CC(O)CC(=O)OC(C)(C)C. The van der Waals surface area contributed by atoms with Gasteiger partial charge in [-0.2, -0.15) is 0 Å². The summed E-state index contributed by atoms with van der Waals surface area (Å²) in [4.78, 5) is 16.6. The maximum atomic E-state index is 13.7. The molecule has 6 nitrogen and oxygen atoms in total. The van der Waals surface area contributed by atoms with E-state index in [9.17, 15) is 19.4 Å². The highest BCUT2D eigenvalue weighted by molar-refractivity contribution is 5.84. The zero-order valence-corrected chi connectivity index (χ0v) is 21.7. The largest absolute Gasteiger partial charge is 0.460 e. The number of aromatic nitrogens is 2. The third kappa shape index (κ3) is 7.48. The molecule has 0 aliphatic rings. The van der Waals surface area contributed by atoms with Crippen LogP contribution in [-0.2, 0) is 16.0 Å². The minimum absolute atomic E-state index is 0.0700. The zero-order chi connectivity index (χ0) is 26.5. The fourth-order valence-corrected chi connectivity index (χ4v) is 4.33. The van der Waals surface area contributed by atoms with Crippen molar-refractivity contribution in [2.45, 2.75) is 84.2 Å². The Bertz CT molecular complexity index is 1130. The Morgan fingerprint density at radius 2 is 1.78 bits per heavy atom. The lowest BCUT2D eigenvalue weighted by Gasteiger charge is -2.21. The normalized spacial score (nSPS) is 13.6. The Balaban J connectivity index is 1.85. The van der Waals surface area contributed by atoms with Gasteiger partial charge in [-0.1, -0.05) is 18.2 Å². The van der Waals surface area contributed by atoms with E-state index in [4.69, 9.17) is 4.74 Å². The Morgan fingerprint density at radius 1 is 1.08 bits per heavy atom. The molecule has 0 saturated carbocycles. The Morgan fingerprint density at radius 3 is 2.36 bits per heavy atom. The molecular formula is C29H37FN2O4. The monoisotopic (exact) mass is 496 g/mol. The van der Waals surface area contributed by atoms with Gasteiger partial charge >= 0.3 is 5.97 Å².